The molecule has 6 heteroatoms. The number of rotatable bonds is 2. The number of halogens is 1. The molecule has 1 aromatic carbocycles. The maximum absolute atomic E-state index is 11.8. The molecular weight excluding hydrogens is 278 g/mol. The SMILES string of the molecule is Cl.O=C1COC(c2ccccn2)=NN1c1ccccc1. The molecule has 3 rings (SSSR count). The molecule has 0 fully saturated rings. The number of hydrazone groups is 1. The Morgan fingerprint density at radius 2 is 1.80 bits per heavy atom. The van der Waals surface area contributed by atoms with Gasteiger partial charge in [0.15, 0.2) is 6.61 Å². The Labute approximate surface area is 122 Å². The molecule has 0 spiro atoms. The number of hydrogen-bond donors (Lipinski definition) is 0. The van der Waals surface area contributed by atoms with Crippen LogP contribution in [0.4, 0.5) is 5.69 Å². The van der Waals surface area contributed by atoms with Crippen LogP contribution in [0.2, 0.25) is 0 Å². The minimum atomic E-state index is -0.203. The van der Waals surface area contributed by atoms with Gasteiger partial charge >= 0.3 is 0 Å². The van der Waals surface area contributed by atoms with Crippen LogP contribution >= 0.6 is 12.4 Å². The summed E-state index contributed by atoms with van der Waals surface area (Å²) in [5.41, 5.74) is 1.32. The summed E-state index contributed by atoms with van der Waals surface area (Å²) in [7, 11) is 0. The van der Waals surface area contributed by atoms with E-state index < -0.39 is 0 Å². The van der Waals surface area contributed by atoms with Crippen LogP contribution < -0.4 is 5.01 Å². The maximum Gasteiger partial charge on any atom is 0.285 e. The monoisotopic (exact) mass is 289 g/mol. The third-order valence-electron chi connectivity index (χ3n) is 2.64. The highest BCUT2D eigenvalue weighted by Gasteiger charge is 2.24. The Balaban J connectivity index is 0.00000147. The zero-order valence-corrected chi connectivity index (χ0v) is 11.3. The minimum Gasteiger partial charge on any atom is -0.465 e. The lowest BCUT2D eigenvalue weighted by Crippen LogP contribution is -2.37. The quantitative estimate of drug-likeness (QED) is 0.852. The van der Waals surface area contributed by atoms with E-state index >= 15 is 0 Å². The molecule has 2 aromatic rings. The fourth-order valence-corrected chi connectivity index (χ4v) is 1.75. The second-order valence-corrected chi connectivity index (χ2v) is 3.95. The second-order valence-electron chi connectivity index (χ2n) is 3.95. The van der Waals surface area contributed by atoms with Crippen molar-refractivity contribution >= 4 is 29.9 Å². The molecule has 0 saturated carbocycles. The van der Waals surface area contributed by atoms with E-state index in [4.69, 9.17) is 4.74 Å². The summed E-state index contributed by atoms with van der Waals surface area (Å²) in [5.74, 6) is 0.148. The zero-order chi connectivity index (χ0) is 13.1. The van der Waals surface area contributed by atoms with Crippen LogP contribution in [-0.4, -0.2) is 23.4 Å². The summed E-state index contributed by atoms with van der Waals surface area (Å²) in [6.45, 7) is -0.0374. The second kappa shape index (κ2) is 6.16. The van der Waals surface area contributed by atoms with Crippen molar-refractivity contribution in [2.24, 2.45) is 5.10 Å². The molecule has 102 valence electrons. The average Bonchev–Trinajstić information content (AvgIpc) is 2.49. The van der Waals surface area contributed by atoms with Crippen molar-refractivity contribution in [3.05, 3.63) is 60.4 Å². The molecule has 2 heterocycles. The highest BCUT2D eigenvalue weighted by molar-refractivity contribution is 6.03. The van der Waals surface area contributed by atoms with Gasteiger partial charge in [0.1, 0.15) is 5.69 Å². The molecule has 1 aliphatic rings. The Morgan fingerprint density at radius 3 is 2.50 bits per heavy atom. The number of nitrogens with zero attached hydrogens (tertiary/aromatic N) is 3. The van der Waals surface area contributed by atoms with Crippen molar-refractivity contribution in [3.8, 4) is 0 Å². The highest BCUT2D eigenvalue weighted by Crippen LogP contribution is 2.18. The van der Waals surface area contributed by atoms with E-state index in [9.17, 15) is 4.79 Å². The number of anilines is 1. The van der Waals surface area contributed by atoms with Gasteiger partial charge in [-0.1, -0.05) is 24.3 Å². The van der Waals surface area contributed by atoms with Crippen molar-refractivity contribution < 1.29 is 9.53 Å². The van der Waals surface area contributed by atoms with Crippen molar-refractivity contribution in [3.63, 3.8) is 0 Å². The molecule has 0 bridgehead atoms. The number of pyridine rings is 1. The van der Waals surface area contributed by atoms with Crippen molar-refractivity contribution in [2.45, 2.75) is 0 Å². The van der Waals surface area contributed by atoms with E-state index in [1.807, 2.05) is 42.5 Å². The molecule has 0 saturated heterocycles. The van der Waals surface area contributed by atoms with Gasteiger partial charge in [-0.15, -0.1) is 17.5 Å². The van der Waals surface area contributed by atoms with Gasteiger partial charge in [0.05, 0.1) is 5.69 Å². The van der Waals surface area contributed by atoms with Crippen LogP contribution in [0.1, 0.15) is 5.69 Å². The lowest BCUT2D eigenvalue weighted by molar-refractivity contribution is -0.121. The van der Waals surface area contributed by atoms with E-state index in [0.29, 0.717) is 17.3 Å². The lowest BCUT2D eigenvalue weighted by atomic mass is 10.3. The molecule has 0 aliphatic carbocycles. The summed E-state index contributed by atoms with van der Waals surface area (Å²) in [6.07, 6.45) is 1.66. The fraction of sp³-hybridized carbons (Fsp3) is 0.0714. The van der Waals surface area contributed by atoms with Crippen LogP contribution in [0.25, 0.3) is 0 Å². The summed E-state index contributed by atoms with van der Waals surface area (Å²) in [5, 5.41) is 5.56. The summed E-state index contributed by atoms with van der Waals surface area (Å²) < 4.78 is 5.32. The molecule has 0 N–H and O–H groups in total. The predicted molar refractivity (Wildman–Crippen MR) is 77.9 cm³/mol. The number of amides is 1. The molecule has 1 aromatic heterocycles. The molecular formula is C14H12ClN3O2. The van der Waals surface area contributed by atoms with E-state index in [1.54, 1.807) is 12.3 Å². The molecule has 1 aliphatic heterocycles. The van der Waals surface area contributed by atoms with E-state index in [-0.39, 0.29) is 24.9 Å². The van der Waals surface area contributed by atoms with Crippen LogP contribution in [-0.2, 0) is 9.53 Å². The predicted octanol–water partition coefficient (Wildman–Crippen LogP) is 2.23. The minimum absolute atomic E-state index is 0. The van der Waals surface area contributed by atoms with Gasteiger partial charge in [0.25, 0.3) is 11.8 Å². The number of hydrogen-bond acceptors (Lipinski definition) is 4. The fourth-order valence-electron chi connectivity index (χ4n) is 1.75. The van der Waals surface area contributed by atoms with Gasteiger partial charge < -0.3 is 4.74 Å². The van der Waals surface area contributed by atoms with E-state index in [2.05, 4.69) is 10.1 Å². The first kappa shape index (κ1) is 14.0. The third kappa shape index (κ3) is 2.78. The molecule has 0 unspecified atom stereocenters. The Kier molecular flexibility index (Phi) is 4.32. The van der Waals surface area contributed by atoms with Gasteiger partial charge in [0, 0.05) is 6.20 Å². The number of carbonyl (C=O) groups is 1. The van der Waals surface area contributed by atoms with Crippen LogP contribution in [0, 0.1) is 0 Å². The number of para-hydroxylation sites is 1. The van der Waals surface area contributed by atoms with Crippen LogP contribution in [0.3, 0.4) is 0 Å². The van der Waals surface area contributed by atoms with E-state index in [0.717, 1.165) is 0 Å². The molecule has 0 atom stereocenters. The standard InChI is InChI=1S/C14H11N3O2.ClH/c18-13-10-19-14(12-8-4-5-9-15-12)16-17(13)11-6-2-1-3-7-11;/h1-9H,10H2;1H. The van der Waals surface area contributed by atoms with Gasteiger partial charge in [-0.2, -0.15) is 5.01 Å². The normalized spacial score (nSPS) is 14.1. The number of ether oxygens (including phenoxy) is 1. The zero-order valence-electron chi connectivity index (χ0n) is 10.5. The topological polar surface area (TPSA) is 54.8 Å². The summed E-state index contributed by atoms with van der Waals surface area (Å²) in [4.78, 5) is 16.0. The maximum atomic E-state index is 11.8. The van der Waals surface area contributed by atoms with Crippen LogP contribution in [0.5, 0.6) is 0 Å². The van der Waals surface area contributed by atoms with Crippen molar-refractivity contribution in [1.29, 1.82) is 0 Å². The number of carbonyl (C=O) groups excluding carboxylic acids is 1. The average molecular weight is 290 g/mol. The first-order valence-electron chi connectivity index (χ1n) is 5.85. The number of benzene rings is 1. The van der Waals surface area contributed by atoms with Gasteiger partial charge in [-0.25, -0.2) is 0 Å². The molecule has 20 heavy (non-hydrogen) atoms. The Hall–Kier alpha value is -2.40. The first-order valence-corrected chi connectivity index (χ1v) is 5.85. The highest BCUT2D eigenvalue weighted by atomic mass is 35.5. The molecule has 5 nitrogen and oxygen atoms in total. The molecule has 0 radical (unpaired) electrons. The summed E-state index contributed by atoms with van der Waals surface area (Å²) >= 11 is 0. The largest absolute Gasteiger partial charge is 0.465 e. The summed E-state index contributed by atoms with van der Waals surface area (Å²) in [6, 6.07) is 14.7. The lowest BCUT2D eigenvalue weighted by Gasteiger charge is -2.23. The first-order chi connectivity index (χ1) is 9.34. The molecule has 1 amide bonds. The Bertz CT molecular complexity index is 617. The van der Waals surface area contributed by atoms with Crippen LogP contribution in [0.15, 0.2) is 59.8 Å². The smallest absolute Gasteiger partial charge is 0.285 e. The van der Waals surface area contributed by atoms with Crippen molar-refractivity contribution in [1.82, 2.24) is 4.98 Å². The van der Waals surface area contributed by atoms with Gasteiger partial charge in [-0.3, -0.25) is 9.78 Å². The van der Waals surface area contributed by atoms with Crippen molar-refractivity contribution in [2.75, 3.05) is 11.6 Å². The van der Waals surface area contributed by atoms with E-state index in [1.165, 1.54) is 5.01 Å². The Morgan fingerprint density at radius 1 is 1.05 bits per heavy atom. The third-order valence-corrected chi connectivity index (χ3v) is 2.64. The van der Waals surface area contributed by atoms with Gasteiger partial charge in [0.2, 0.25) is 0 Å². The van der Waals surface area contributed by atoms with Gasteiger partial charge in [-0.05, 0) is 24.3 Å². The number of aromatic nitrogens is 1.